The van der Waals surface area contributed by atoms with Crippen LogP contribution in [-0.2, 0) is 0 Å². The van der Waals surface area contributed by atoms with Gasteiger partial charge in [-0.3, -0.25) is 4.99 Å². The van der Waals surface area contributed by atoms with Crippen LogP contribution in [0.15, 0.2) is 22.8 Å². The summed E-state index contributed by atoms with van der Waals surface area (Å²) >= 11 is 0. The fourth-order valence-corrected chi connectivity index (χ4v) is 0.753. The fourth-order valence-electron chi connectivity index (χ4n) is 0.753. The molecular formula is C8H14N2O2. The number of hydrogen-bond donors (Lipinski definition) is 1. The van der Waals surface area contributed by atoms with Gasteiger partial charge in [0.2, 0.25) is 0 Å². The number of nitrogens with zero attached hydrogens (tertiary/aromatic N) is 2. The van der Waals surface area contributed by atoms with Crippen molar-refractivity contribution in [1.29, 1.82) is 0 Å². The third kappa shape index (κ3) is 5.73. The molecule has 0 aliphatic carbocycles. The standard InChI is InChI=1S/C8H14N2O2/c1-2-3-4-8(7-11)9-5-6-10-12/h2,5,8,11H,1,3-4,6-7H2. The first-order valence-corrected chi connectivity index (χ1v) is 3.87. The van der Waals surface area contributed by atoms with Crippen LogP contribution >= 0.6 is 0 Å². The Balaban J connectivity index is 3.64. The van der Waals surface area contributed by atoms with E-state index in [1.54, 1.807) is 6.08 Å². The first-order valence-electron chi connectivity index (χ1n) is 3.87. The number of hydrogen-bond acceptors (Lipinski definition) is 4. The molecule has 0 saturated carbocycles. The van der Waals surface area contributed by atoms with Crippen LogP contribution in [0.3, 0.4) is 0 Å². The molecule has 1 N–H and O–H groups in total. The number of nitroso groups, excluding NO2 is 1. The third-order valence-electron chi connectivity index (χ3n) is 1.39. The van der Waals surface area contributed by atoms with Gasteiger partial charge in [-0.1, -0.05) is 11.3 Å². The fraction of sp³-hybridized carbons (Fsp3) is 0.625. The number of aliphatic imine (C=N–C) groups is 1. The van der Waals surface area contributed by atoms with E-state index in [4.69, 9.17) is 5.11 Å². The summed E-state index contributed by atoms with van der Waals surface area (Å²) in [4.78, 5) is 13.6. The van der Waals surface area contributed by atoms with Gasteiger partial charge in [0, 0.05) is 6.21 Å². The van der Waals surface area contributed by atoms with Crippen LogP contribution in [0.25, 0.3) is 0 Å². The number of rotatable bonds is 7. The normalized spacial score (nSPS) is 13.1. The SMILES string of the molecule is C=CCCC(CO)N=CCN=O. The van der Waals surface area contributed by atoms with Crippen molar-refractivity contribution in [2.24, 2.45) is 10.2 Å². The molecule has 0 rings (SSSR count). The molecule has 0 spiro atoms. The molecule has 1 atom stereocenters. The highest BCUT2D eigenvalue weighted by Gasteiger charge is 2.01. The smallest absolute Gasteiger partial charge is 0.116 e. The van der Waals surface area contributed by atoms with Crippen LogP contribution in [0.4, 0.5) is 0 Å². The van der Waals surface area contributed by atoms with Crippen LogP contribution < -0.4 is 0 Å². The molecule has 68 valence electrons. The van der Waals surface area contributed by atoms with E-state index in [0.717, 1.165) is 12.8 Å². The predicted molar refractivity (Wildman–Crippen MR) is 49.5 cm³/mol. The number of aliphatic hydroxyl groups is 1. The second kappa shape index (κ2) is 8.07. The lowest BCUT2D eigenvalue weighted by Gasteiger charge is -2.05. The lowest BCUT2D eigenvalue weighted by atomic mass is 10.2. The summed E-state index contributed by atoms with van der Waals surface area (Å²) in [5.41, 5.74) is 0. The van der Waals surface area contributed by atoms with Crippen molar-refractivity contribution in [3.05, 3.63) is 17.6 Å². The van der Waals surface area contributed by atoms with E-state index in [2.05, 4.69) is 16.7 Å². The summed E-state index contributed by atoms with van der Waals surface area (Å²) in [7, 11) is 0. The molecule has 0 aliphatic rings. The first kappa shape index (κ1) is 11.0. The van der Waals surface area contributed by atoms with E-state index < -0.39 is 0 Å². The van der Waals surface area contributed by atoms with Gasteiger partial charge in [-0.15, -0.1) is 6.58 Å². The van der Waals surface area contributed by atoms with Gasteiger partial charge in [-0.2, -0.15) is 4.91 Å². The van der Waals surface area contributed by atoms with Gasteiger partial charge in [-0.25, -0.2) is 0 Å². The predicted octanol–water partition coefficient (Wildman–Crippen LogP) is 1.15. The highest BCUT2D eigenvalue weighted by atomic mass is 16.3. The largest absolute Gasteiger partial charge is 0.394 e. The van der Waals surface area contributed by atoms with Crippen LogP contribution in [0.1, 0.15) is 12.8 Å². The first-order chi connectivity index (χ1) is 5.85. The maximum absolute atomic E-state index is 9.67. The molecule has 0 amide bonds. The summed E-state index contributed by atoms with van der Waals surface area (Å²) < 4.78 is 0. The third-order valence-corrected chi connectivity index (χ3v) is 1.39. The molecule has 0 bridgehead atoms. The molecule has 4 heteroatoms. The molecular weight excluding hydrogens is 156 g/mol. The molecule has 0 heterocycles. The Kier molecular flexibility index (Phi) is 7.38. The van der Waals surface area contributed by atoms with Crippen LogP contribution in [0.5, 0.6) is 0 Å². The highest BCUT2D eigenvalue weighted by Crippen LogP contribution is 2.00. The van der Waals surface area contributed by atoms with Gasteiger partial charge < -0.3 is 5.11 Å². The van der Waals surface area contributed by atoms with E-state index in [-0.39, 0.29) is 19.2 Å². The highest BCUT2D eigenvalue weighted by molar-refractivity contribution is 5.59. The Morgan fingerprint density at radius 2 is 2.33 bits per heavy atom. The Bertz CT molecular complexity index is 157. The van der Waals surface area contributed by atoms with Gasteiger partial charge >= 0.3 is 0 Å². The van der Waals surface area contributed by atoms with E-state index in [1.807, 2.05) is 0 Å². The van der Waals surface area contributed by atoms with Crippen molar-refractivity contribution < 1.29 is 5.11 Å². The summed E-state index contributed by atoms with van der Waals surface area (Å²) in [6.45, 7) is 3.64. The second-order valence-electron chi connectivity index (χ2n) is 2.35. The summed E-state index contributed by atoms with van der Waals surface area (Å²) in [5.74, 6) is 0. The molecule has 1 unspecified atom stereocenters. The molecule has 0 aromatic rings. The topological polar surface area (TPSA) is 62.0 Å². The van der Waals surface area contributed by atoms with E-state index in [1.165, 1.54) is 6.21 Å². The van der Waals surface area contributed by atoms with Gasteiger partial charge in [0.15, 0.2) is 0 Å². The minimum absolute atomic E-state index is 0.00317. The Labute approximate surface area is 72.0 Å². The Morgan fingerprint density at radius 3 is 2.83 bits per heavy atom. The van der Waals surface area contributed by atoms with Gasteiger partial charge in [-0.05, 0) is 12.8 Å². The zero-order chi connectivity index (χ0) is 9.23. The number of allylic oxidation sites excluding steroid dienone is 1. The number of aliphatic hydroxyl groups excluding tert-OH is 1. The molecule has 0 radical (unpaired) electrons. The van der Waals surface area contributed by atoms with E-state index in [0.29, 0.717) is 0 Å². The zero-order valence-corrected chi connectivity index (χ0v) is 7.02. The maximum atomic E-state index is 9.67. The van der Waals surface area contributed by atoms with Crippen LogP contribution in [-0.4, -0.2) is 30.5 Å². The quantitative estimate of drug-likeness (QED) is 0.354. The van der Waals surface area contributed by atoms with Crippen molar-refractivity contribution in [2.45, 2.75) is 18.9 Å². The monoisotopic (exact) mass is 170 g/mol. The molecule has 0 aromatic heterocycles. The zero-order valence-electron chi connectivity index (χ0n) is 7.02. The van der Waals surface area contributed by atoms with Crippen molar-refractivity contribution in [3.8, 4) is 0 Å². The van der Waals surface area contributed by atoms with Crippen LogP contribution in [0.2, 0.25) is 0 Å². The van der Waals surface area contributed by atoms with E-state index >= 15 is 0 Å². The molecule has 12 heavy (non-hydrogen) atoms. The minimum atomic E-state index is -0.121. The lowest BCUT2D eigenvalue weighted by molar-refractivity contribution is 0.262. The van der Waals surface area contributed by atoms with Gasteiger partial charge in [0.25, 0.3) is 0 Å². The molecule has 0 aliphatic heterocycles. The molecule has 0 aromatic carbocycles. The van der Waals surface area contributed by atoms with Crippen molar-refractivity contribution in [3.63, 3.8) is 0 Å². The molecule has 4 nitrogen and oxygen atoms in total. The average molecular weight is 170 g/mol. The Morgan fingerprint density at radius 1 is 1.58 bits per heavy atom. The average Bonchev–Trinajstić information content (AvgIpc) is 2.11. The van der Waals surface area contributed by atoms with E-state index in [9.17, 15) is 4.91 Å². The summed E-state index contributed by atoms with van der Waals surface area (Å²) in [6.07, 6.45) is 4.78. The van der Waals surface area contributed by atoms with Crippen LogP contribution in [0, 0.1) is 4.91 Å². The molecule has 0 fully saturated rings. The van der Waals surface area contributed by atoms with Crippen molar-refractivity contribution >= 4 is 6.21 Å². The van der Waals surface area contributed by atoms with Crippen molar-refractivity contribution in [2.75, 3.05) is 13.2 Å². The second-order valence-corrected chi connectivity index (χ2v) is 2.35. The van der Waals surface area contributed by atoms with Gasteiger partial charge in [0.1, 0.15) is 6.54 Å². The lowest BCUT2D eigenvalue weighted by Crippen LogP contribution is -2.10. The summed E-state index contributed by atoms with van der Waals surface area (Å²) in [6, 6.07) is -0.121. The maximum Gasteiger partial charge on any atom is 0.116 e. The summed E-state index contributed by atoms with van der Waals surface area (Å²) in [5, 5.41) is 11.4. The minimum Gasteiger partial charge on any atom is -0.394 e. The van der Waals surface area contributed by atoms with Crippen molar-refractivity contribution in [1.82, 2.24) is 0 Å². The molecule has 0 saturated heterocycles. The Hall–Kier alpha value is -1.03. The van der Waals surface area contributed by atoms with Gasteiger partial charge in [0.05, 0.1) is 12.6 Å².